The van der Waals surface area contributed by atoms with Crippen molar-refractivity contribution in [3.05, 3.63) is 20.8 Å². The van der Waals surface area contributed by atoms with Gasteiger partial charge in [-0.15, -0.1) is 11.3 Å². The van der Waals surface area contributed by atoms with E-state index in [9.17, 15) is 0 Å². The Labute approximate surface area is 140 Å². The van der Waals surface area contributed by atoms with Gasteiger partial charge in [-0.05, 0) is 59.6 Å². The highest BCUT2D eigenvalue weighted by Gasteiger charge is 2.17. The van der Waals surface area contributed by atoms with Crippen molar-refractivity contribution in [3.63, 3.8) is 0 Å². The SMILES string of the molecule is CCCNC(CSC1CCCCC1)Cc1sccc1Br. The topological polar surface area (TPSA) is 12.0 Å². The lowest BCUT2D eigenvalue weighted by molar-refractivity contribution is 0.511. The van der Waals surface area contributed by atoms with Gasteiger partial charge in [-0.2, -0.15) is 11.8 Å². The van der Waals surface area contributed by atoms with E-state index in [-0.39, 0.29) is 0 Å². The molecule has 0 radical (unpaired) electrons. The maximum Gasteiger partial charge on any atom is 0.0314 e. The summed E-state index contributed by atoms with van der Waals surface area (Å²) in [6.07, 6.45) is 9.61. The molecular weight excluding hydrogens is 350 g/mol. The summed E-state index contributed by atoms with van der Waals surface area (Å²) in [6, 6.07) is 2.79. The average molecular weight is 376 g/mol. The van der Waals surface area contributed by atoms with Crippen LogP contribution in [0.1, 0.15) is 50.3 Å². The summed E-state index contributed by atoms with van der Waals surface area (Å²) < 4.78 is 1.29. The number of nitrogens with one attached hydrogen (secondary N) is 1. The van der Waals surface area contributed by atoms with E-state index < -0.39 is 0 Å². The van der Waals surface area contributed by atoms with Crippen molar-refractivity contribution in [2.24, 2.45) is 0 Å². The molecule has 0 spiro atoms. The van der Waals surface area contributed by atoms with Gasteiger partial charge < -0.3 is 5.32 Å². The quantitative estimate of drug-likeness (QED) is 0.644. The van der Waals surface area contributed by atoms with Crippen LogP contribution in [0.2, 0.25) is 0 Å². The molecule has 1 aliphatic rings. The van der Waals surface area contributed by atoms with Crippen LogP contribution in [0.15, 0.2) is 15.9 Å². The summed E-state index contributed by atoms with van der Waals surface area (Å²) in [4.78, 5) is 1.49. The highest BCUT2D eigenvalue weighted by Crippen LogP contribution is 2.30. The van der Waals surface area contributed by atoms with Crippen LogP contribution in [0.3, 0.4) is 0 Å². The number of halogens is 1. The van der Waals surface area contributed by atoms with Gasteiger partial charge in [0.1, 0.15) is 0 Å². The van der Waals surface area contributed by atoms with Crippen molar-refractivity contribution in [1.29, 1.82) is 0 Å². The highest BCUT2D eigenvalue weighted by atomic mass is 79.9. The van der Waals surface area contributed by atoms with Crippen molar-refractivity contribution < 1.29 is 0 Å². The zero-order valence-electron chi connectivity index (χ0n) is 12.4. The molecule has 0 bridgehead atoms. The molecule has 1 atom stereocenters. The van der Waals surface area contributed by atoms with E-state index in [2.05, 4.69) is 51.4 Å². The molecule has 1 aliphatic carbocycles. The van der Waals surface area contributed by atoms with Gasteiger partial charge in [-0.1, -0.05) is 26.2 Å². The largest absolute Gasteiger partial charge is 0.313 e. The van der Waals surface area contributed by atoms with Gasteiger partial charge in [0.2, 0.25) is 0 Å². The number of rotatable bonds is 8. The minimum absolute atomic E-state index is 0.622. The summed E-state index contributed by atoms with van der Waals surface area (Å²) in [5.41, 5.74) is 0. The van der Waals surface area contributed by atoms with Gasteiger partial charge in [0.25, 0.3) is 0 Å². The van der Waals surface area contributed by atoms with E-state index in [4.69, 9.17) is 0 Å². The van der Waals surface area contributed by atoms with Crippen molar-refractivity contribution in [2.45, 2.75) is 63.2 Å². The van der Waals surface area contributed by atoms with Crippen LogP contribution in [0.5, 0.6) is 0 Å². The van der Waals surface area contributed by atoms with Gasteiger partial charge in [-0.3, -0.25) is 0 Å². The Balaban J connectivity index is 1.81. The van der Waals surface area contributed by atoms with Crippen molar-refractivity contribution in [1.82, 2.24) is 5.32 Å². The van der Waals surface area contributed by atoms with Crippen LogP contribution in [0.25, 0.3) is 0 Å². The van der Waals surface area contributed by atoms with Gasteiger partial charge in [0.05, 0.1) is 0 Å². The predicted octanol–water partition coefficient (Wildman–Crippen LogP) is 5.49. The van der Waals surface area contributed by atoms with Gasteiger partial charge in [0.15, 0.2) is 0 Å². The molecule has 1 nitrogen and oxygen atoms in total. The second kappa shape index (κ2) is 9.50. The molecule has 114 valence electrons. The Morgan fingerprint density at radius 3 is 2.85 bits per heavy atom. The Morgan fingerprint density at radius 1 is 1.40 bits per heavy atom. The third-order valence-corrected chi connectivity index (χ3v) is 7.38. The number of hydrogen-bond acceptors (Lipinski definition) is 3. The molecule has 0 amide bonds. The van der Waals surface area contributed by atoms with E-state index in [0.29, 0.717) is 6.04 Å². The Morgan fingerprint density at radius 2 is 2.20 bits per heavy atom. The minimum Gasteiger partial charge on any atom is -0.313 e. The second-order valence-corrected chi connectivity index (χ2v) is 8.83. The van der Waals surface area contributed by atoms with Crippen molar-refractivity contribution in [2.75, 3.05) is 12.3 Å². The summed E-state index contributed by atoms with van der Waals surface area (Å²) in [5.74, 6) is 1.26. The van der Waals surface area contributed by atoms with Crippen LogP contribution >= 0.6 is 39.0 Å². The molecule has 1 aromatic rings. The molecule has 0 saturated heterocycles. The van der Waals surface area contributed by atoms with Gasteiger partial charge in [0, 0.05) is 26.4 Å². The fraction of sp³-hybridized carbons (Fsp3) is 0.750. The van der Waals surface area contributed by atoms with Crippen LogP contribution in [-0.4, -0.2) is 23.6 Å². The maximum atomic E-state index is 3.74. The molecule has 2 rings (SSSR count). The molecule has 1 heterocycles. The first kappa shape index (κ1) is 16.9. The van der Waals surface area contributed by atoms with Crippen LogP contribution in [0, 0.1) is 0 Å². The smallest absolute Gasteiger partial charge is 0.0314 e. The first-order chi connectivity index (χ1) is 9.79. The van der Waals surface area contributed by atoms with Crippen LogP contribution < -0.4 is 5.32 Å². The number of thiophene rings is 1. The molecule has 4 heteroatoms. The number of hydrogen-bond donors (Lipinski definition) is 1. The molecule has 20 heavy (non-hydrogen) atoms. The normalized spacial score (nSPS) is 18.3. The zero-order valence-corrected chi connectivity index (χ0v) is 15.6. The third kappa shape index (κ3) is 5.70. The molecular formula is C16H26BrNS2. The molecule has 1 saturated carbocycles. The lowest BCUT2D eigenvalue weighted by atomic mass is 10.0. The Kier molecular flexibility index (Phi) is 8.00. The summed E-state index contributed by atoms with van der Waals surface area (Å²) >= 11 is 7.75. The molecule has 0 aliphatic heterocycles. The predicted molar refractivity (Wildman–Crippen MR) is 97.1 cm³/mol. The van der Waals surface area contributed by atoms with Crippen molar-refractivity contribution in [3.8, 4) is 0 Å². The van der Waals surface area contributed by atoms with E-state index in [1.54, 1.807) is 0 Å². The molecule has 1 unspecified atom stereocenters. The maximum absolute atomic E-state index is 3.74. The molecule has 1 N–H and O–H groups in total. The van der Waals surface area contributed by atoms with E-state index in [0.717, 1.165) is 18.2 Å². The lowest BCUT2D eigenvalue weighted by Crippen LogP contribution is -2.34. The fourth-order valence-electron chi connectivity index (χ4n) is 2.72. The summed E-state index contributed by atoms with van der Waals surface area (Å²) in [7, 11) is 0. The van der Waals surface area contributed by atoms with Crippen LogP contribution in [0.4, 0.5) is 0 Å². The number of thioether (sulfide) groups is 1. The van der Waals surface area contributed by atoms with Gasteiger partial charge >= 0.3 is 0 Å². The summed E-state index contributed by atoms with van der Waals surface area (Å²) in [5, 5.41) is 6.84. The zero-order chi connectivity index (χ0) is 14.2. The Bertz CT molecular complexity index is 374. The van der Waals surface area contributed by atoms with E-state index in [1.165, 1.54) is 53.6 Å². The minimum atomic E-state index is 0.622. The van der Waals surface area contributed by atoms with Crippen LogP contribution in [-0.2, 0) is 6.42 Å². The first-order valence-electron chi connectivity index (χ1n) is 7.86. The first-order valence-corrected chi connectivity index (χ1v) is 10.6. The summed E-state index contributed by atoms with van der Waals surface area (Å²) in [6.45, 7) is 3.39. The lowest BCUT2D eigenvalue weighted by Gasteiger charge is -2.24. The van der Waals surface area contributed by atoms with E-state index >= 15 is 0 Å². The fourth-order valence-corrected chi connectivity index (χ4v) is 5.72. The molecule has 1 fully saturated rings. The highest BCUT2D eigenvalue weighted by molar-refractivity contribution is 9.10. The standard InChI is InChI=1S/C16H26BrNS2/c1-2-9-18-13(11-16-15(17)8-10-19-16)12-20-14-6-4-3-5-7-14/h8,10,13-14,18H,2-7,9,11-12H2,1H3. The molecule has 1 aromatic heterocycles. The Hall–Kier alpha value is 0.490. The van der Waals surface area contributed by atoms with Gasteiger partial charge in [-0.25, -0.2) is 0 Å². The molecule has 0 aromatic carbocycles. The second-order valence-electron chi connectivity index (χ2n) is 5.64. The van der Waals surface area contributed by atoms with Crippen molar-refractivity contribution >= 4 is 39.0 Å². The monoisotopic (exact) mass is 375 g/mol. The third-order valence-electron chi connectivity index (χ3n) is 3.89. The average Bonchev–Trinajstić information content (AvgIpc) is 2.88. The van der Waals surface area contributed by atoms with E-state index in [1.807, 2.05) is 11.3 Å².